The molecule has 0 fully saturated rings. The highest BCUT2D eigenvalue weighted by molar-refractivity contribution is 5.47. The van der Waals surface area contributed by atoms with Crippen LogP contribution in [0.1, 0.15) is 5.69 Å². The molecule has 1 heterocycles. The molecule has 4 heteroatoms. The van der Waals surface area contributed by atoms with E-state index in [0.717, 1.165) is 17.1 Å². The third kappa shape index (κ3) is 1.66. The number of methoxy groups -OCH3 is 1. The van der Waals surface area contributed by atoms with E-state index in [9.17, 15) is 0 Å². The van der Waals surface area contributed by atoms with Gasteiger partial charge in [0.15, 0.2) is 0 Å². The number of hydrogen-bond donors (Lipinski definition) is 1. The van der Waals surface area contributed by atoms with Crippen molar-refractivity contribution in [2.45, 2.75) is 6.92 Å². The number of anilines is 1. The van der Waals surface area contributed by atoms with Gasteiger partial charge >= 0.3 is 0 Å². The lowest BCUT2D eigenvalue weighted by molar-refractivity contribution is 0.414. The van der Waals surface area contributed by atoms with Crippen LogP contribution >= 0.6 is 0 Å². The summed E-state index contributed by atoms with van der Waals surface area (Å²) in [6.07, 6.45) is 1.65. The van der Waals surface area contributed by atoms with Gasteiger partial charge in [-0.25, -0.2) is 4.68 Å². The number of nitrogens with zero attached hydrogens (tertiary/aromatic N) is 2. The Hall–Kier alpha value is -1.97. The van der Waals surface area contributed by atoms with Crippen LogP contribution in [-0.4, -0.2) is 16.9 Å². The highest BCUT2D eigenvalue weighted by Gasteiger charge is 2.05. The van der Waals surface area contributed by atoms with Crippen LogP contribution in [0.2, 0.25) is 0 Å². The van der Waals surface area contributed by atoms with Crippen LogP contribution < -0.4 is 10.5 Å². The van der Waals surface area contributed by atoms with Gasteiger partial charge in [0.1, 0.15) is 5.75 Å². The molecule has 2 rings (SSSR count). The van der Waals surface area contributed by atoms with E-state index in [1.165, 1.54) is 0 Å². The third-order valence-corrected chi connectivity index (χ3v) is 2.35. The summed E-state index contributed by atoms with van der Waals surface area (Å²) in [5, 5.41) is 4.20. The number of aromatic nitrogens is 2. The third-order valence-electron chi connectivity index (χ3n) is 2.35. The van der Waals surface area contributed by atoms with Crippen molar-refractivity contribution in [3.63, 3.8) is 0 Å². The Kier molecular flexibility index (Phi) is 2.33. The molecule has 0 atom stereocenters. The van der Waals surface area contributed by atoms with E-state index < -0.39 is 0 Å². The molecule has 0 radical (unpaired) electrons. The molecule has 0 saturated heterocycles. The monoisotopic (exact) mass is 203 g/mol. The Balaban J connectivity index is 2.49. The summed E-state index contributed by atoms with van der Waals surface area (Å²) in [5.41, 5.74) is 8.31. The van der Waals surface area contributed by atoms with Gasteiger partial charge in [0.2, 0.25) is 0 Å². The summed E-state index contributed by atoms with van der Waals surface area (Å²) < 4.78 is 6.94. The highest BCUT2D eigenvalue weighted by Crippen LogP contribution is 2.19. The van der Waals surface area contributed by atoms with Gasteiger partial charge in [0, 0.05) is 6.07 Å². The molecule has 4 nitrogen and oxygen atoms in total. The van der Waals surface area contributed by atoms with E-state index in [-0.39, 0.29) is 0 Å². The van der Waals surface area contributed by atoms with Gasteiger partial charge in [0.25, 0.3) is 0 Å². The SMILES string of the molecule is COc1cccc(-n2ncc(N)c2C)c1. The van der Waals surface area contributed by atoms with E-state index in [0.29, 0.717) is 5.69 Å². The Morgan fingerprint density at radius 1 is 1.40 bits per heavy atom. The summed E-state index contributed by atoms with van der Waals surface area (Å²) in [4.78, 5) is 0. The van der Waals surface area contributed by atoms with E-state index in [4.69, 9.17) is 10.5 Å². The Morgan fingerprint density at radius 3 is 2.80 bits per heavy atom. The summed E-state index contributed by atoms with van der Waals surface area (Å²) in [5.74, 6) is 0.806. The van der Waals surface area contributed by atoms with Gasteiger partial charge in [0.05, 0.1) is 30.4 Å². The van der Waals surface area contributed by atoms with Crippen molar-refractivity contribution in [3.05, 3.63) is 36.2 Å². The topological polar surface area (TPSA) is 53.1 Å². The molecule has 2 N–H and O–H groups in total. The van der Waals surface area contributed by atoms with Crippen molar-refractivity contribution in [1.82, 2.24) is 9.78 Å². The second-order valence-corrected chi connectivity index (χ2v) is 3.30. The lowest BCUT2D eigenvalue weighted by Crippen LogP contribution is -1.99. The van der Waals surface area contributed by atoms with Gasteiger partial charge in [-0.3, -0.25) is 0 Å². The maximum absolute atomic E-state index is 5.73. The molecule has 0 bridgehead atoms. The number of ether oxygens (including phenoxy) is 1. The molecule has 2 aromatic rings. The quantitative estimate of drug-likeness (QED) is 0.809. The maximum Gasteiger partial charge on any atom is 0.121 e. The van der Waals surface area contributed by atoms with E-state index in [2.05, 4.69) is 5.10 Å². The molecule has 0 spiro atoms. The molecule has 0 amide bonds. The first-order valence-corrected chi connectivity index (χ1v) is 4.67. The predicted molar refractivity (Wildman–Crippen MR) is 59.3 cm³/mol. The van der Waals surface area contributed by atoms with Crippen molar-refractivity contribution in [3.8, 4) is 11.4 Å². The van der Waals surface area contributed by atoms with Crippen LogP contribution in [0.5, 0.6) is 5.75 Å². The van der Waals surface area contributed by atoms with Crippen LogP contribution in [0.4, 0.5) is 5.69 Å². The van der Waals surface area contributed by atoms with Crippen LogP contribution in [0.15, 0.2) is 30.5 Å². The van der Waals surface area contributed by atoms with E-state index >= 15 is 0 Å². The zero-order valence-electron chi connectivity index (χ0n) is 8.77. The second-order valence-electron chi connectivity index (χ2n) is 3.30. The molecular weight excluding hydrogens is 190 g/mol. The van der Waals surface area contributed by atoms with Crippen molar-refractivity contribution in [1.29, 1.82) is 0 Å². The van der Waals surface area contributed by atoms with Crippen LogP contribution in [-0.2, 0) is 0 Å². The number of benzene rings is 1. The second kappa shape index (κ2) is 3.65. The number of nitrogen functional groups attached to an aromatic ring is 1. The standard InChI is InChI=1S/C11H13N3O/c1-8-11(12)7-13-14(8)9-4-3-5-10(6-9)15-2/h3-7H,12H2,1-2H3. The van der Waals surface area contributed by atoms with E-state index in [1.54, 1.807) is 18.0 Å². The van der Waals surface area contributed by atoms with Gasteiger partial charge in [-0.15, -0.1) is 0 Å². The first kappa shape index (κ1) is 9.58. The largest absolute Gasteiger partial charge is 0.497 e. The normalized spacial score (nSPS) is 10.3. The first-order chi connectivity index (χ1) is 7.22. The van der Waals surface area contributed by atoms with Gasteiger partial charge in [-0.1, -0.05) is 6.07 Å². The molecule has 1 aromatic carbocycles. The Bertz CT molecular complexity index is 476. The lowest BCUT2D eigenvalue weighted by Gasteiger charge is -2.06. The minimum Gasteiger partial charge on any atom is -0.497 e. The van der Waals surface area contributed by atoms with Gasteiger partial charge in [-0.05, 0) is 19.1 Å². The molecule has 0 unspecified atom stereocenters. The minimum absolute atomic E-state index is 0.692. The predicted octanol–water partition coefficient (Wildman–Crippen LogP) is 1.77. The first-order valence-electron chi connectivity index (χ1n) is 4.67. The van der Waals surface area contributed by atoms with E-state index in [1.807, 2.05) is 31.2 Å². The summed E-state index contributed by atoms with van der Waals surface area (Å²) in [7, 11) is 1.64. The summed E-state index contributed by atoms with van der Waals surface area (Å²) in [6, 6.07) is 7.69. The fourth-order valence-corrected chi connectivity index (χ4v) is 1.42. The average Bonchev–Trinajstić information content (AvgIpc) is 2.60. The van der Waals surface area contributed by atoms with Crippen LogP contribution in [0, 0.1) is 6.92 Å². The minimum atomic E-state index is 0.692. The number of nitrogens with two attached hydrogens (primary N) is 1. The highest BCUT2D eigenvalue weighted by atomic mass is 16.5. The summed E-state index contributed by atoms with van der Waals surface area (Å²) in [6.45, 7) is 1.93. The molecule has 1 aromatic heterocycles. The maximum atomic E-state index is 5.73. The molecule has 0 aliphatic carbocycles. The van der Waals surface area contributed by atoms with Crippen molar-refractivity contribution in [2.75, 3.05) is 12.8 Å². The van der Waals surface area contributed by atoms with Crippen molar-refractivity contribution < 1.29 is 4.74 Å². The molecule has 0 saturated carbocycles. The molecule has 78 valence electrons. The van der Waals surface area contributed by atoms with Crippen LogP contribution in [0.3, 0.4) is 0 Å². The fraction of sp³-hybridized carbons (Fsp3) is 0.182. The zero-order valence-corrected chi connectivity index (χ0v) is 8.77. The zero-order chi connectivity index (χ0) is 10.8. The molecular formula is C11H13N3O. The lowest BCUT2D eigenvalue weighted by atomic mass is 10.3. The van der Waals surface area contributed by atoms with Gasteiger partial charge in [-0.2, -0.15) is 5.10 Å². The Labute approximate surface area is 88.3 Å². The smallest absolute Gasteiger partial charge is 0.121 e. The average molecular weight is 203 g/mol. The van der Waals surface area contributed by atoms with Crippen molar-refractivity contribution in [2.24, 2.45) is 0 Å². The van der Waals surface area contributed by atoms with Gasteiger partial charge < -0.3 is 10.5 Å². The number of hydrogen-bond acceptors (Lipinski definition) is 3. The Morgan fingerprint density at radius 2 is 2.20 bits per heavy atom. The summed E-state index contributed by atoms with van der Waals surface area (Å²) >= 11 is 0. The van der Waals surface area contributed by atoms with Crippen LogP contribution in [0.25, 0.3) is 5.69 Å². The fourth-order valence-electron chi connectivity index (χ4n) is 1.42. The number of rotatable bonds is 2. The van der Waals surface area contributed by atoms with Crippen molar-refractivity contribution >= 4 is 5.69 Å². The molecule has 0 aliphatic heterocycles. The molecule has 15 heavy (non-hydrogen) atoms. The molecule has 0 aliphatic rings.